The normalized spacial score (nSPS) is 15.7. The number of carbonyl (C=O) groups is 1. The lowest BCUT2D eigenvalue weighted by atomic mass is 9.97. The van der Waals surface area contributed by atoms with Crippen molar-refractivity contribution < 1.29 is 4.79 Å². The zero-order valence-electron chi connectivity index (χ0n) is 12.1. The standard InChI is InChI=1S/C16H18BrN3OS/c17-13-3-1-2-11(8-13)9-14-10-19-16(22-14)20-15(21)12-4-6-18-7-5-12/h1-3,8,10,12,18H,4-7,9H2,(H,19,20,21). The van der Waals surface area contributed by atoms with Gasteiger partial charge < -0.3 is 10.6 Å². The second kappa shape index (κ2) is 7.35. The number of hydrogen-bond donors (Lipinski definition) is 2. The highest BCUT2D eigenvalue weighted by Crippen LogP contribution is 2.24. The Hall–Kier alpha value is -1.24. The Morgan fingerprint density at radius 2 is 2.23 bits per heavy atom. The lowest BCUT2D eigenvalue weighted by Crippen LogP contribution is -2.34. The summed E-state index contributed by atoms with van der Waals surface area (Å²) >= 11 is 5.04. The average molecular weight is 380 g/mol. The summed E-state index contributed by atoms with van der Waals surface area (Å²) in [5.74, 6) is 0.212. The van der Waals surface area contributed by atoms with Gasteiger partial charge >= 0.3 is 0 Å². The molecule has 0 atom stereocenters. The van der Waals surface area contributed by atoms with E-state index in [0.29, 0.717) is 5.13 Å². The van der Waals surface area contributed by atoms with E-state index in [1.54, 1.807) is 11.3 Å². The maximum absolute atomic E-state index is 12.2. The summed E-state index contributed by atoms with van der Waals surface area (Å²) in [6.07, 6.45) is 4.49. The van der Waals surface area contributed by atoms with Crippen LogP contribution in [-0.2, 0) is 11.2 Å². The Morgan fingerprint density at radius 1 is 1.41 bits per heavy atom. The van der Waals surface area contributed by atoms with E-state index in [1.165, 1.54) is 5.56 Å². The zero-order chi connectivity index (χ0) is 15.4. The second-order valence-electron chi connectivity index (χ2n) is 5.45. The van der Waals surface area contributed by atoms with Gasteiger partial charge in [0.1, 0.15) is 0 Å². The van der Waals surface area contributed by atoms with E-state index < -0.39 is 0 Å². The average Bonchev–Trinajstić information content (AvgIpc) is 2.95. The van der Waals surface area contributed by atoms with Crippen LogP contribution in [-0.4, -0.2) is 24.0 Å². The maximum atomic E-state index is 12.2. The third kappa shape index (κ3) is 4.15. The SMILES string of the molecule is O=C(Nc1ncc(Cc2cccc(Br)c2)s1)C1CCNCC1. The van der Waals surface area contributed by atoms with E-state index in [4.69, 9.17) is 0 Å². The summed E-state index contributed by atoms with van der Waals surface area (Å²) in [5.41, 5.74) is 1.23. The lowest BCUT2D eigenvalue weighted by molar-refractivity contribution is -0.120. The highest BCUT2D eigenvalue weighted by molar-refractivity contribution is 9.10. The molecule has 6 heteroatoms. The van der Waals surface area contributed by atoms with Crippen molar-refractivity contribution in [3.63, 3.8) is 0 Å². The molecule has 2 aromatic rings. The highest BCUT2D eigenvalue weighted by atomic mass is 79.9. The van der Waals surface area contributed by atoms with Crippen molar-refractivity contribution in [2.75, 3.05) is 18.4 Å². The Morgan fingerprint density at radius 3 is 3.00 bits per heavy atom. The van der Waals surface area contributed by atoms with Gasteiger partial charge in [-0.2, -0.15) is 0 Å². The molecule has 1 aliphatic rings. The minimum atomic E-state index is 0.102. The van der Waals surface area contributed by atoms with Crippen LogP contribution in [0, 0.1) is 5.92 Å². The molecule has 0 unspecified atom stereocenters. The van der Waals surface area contributed by atoms with Gasteiger partial charge in [0.2, 0.25) is 5.91 Å². The molecule has 0 bridgehead atoms. The van der Waals surface area contributed by atoms with Crippen LogP contribution in [0.1, 0.15) is 23.3 Å². The first kappa shape index (κ1) is 15.6. The first-order valence-corrected chi connectivity index (χ1v) is 9.02. The van der Waals surface area contributed by atoms with E-state index in [0.717, 1.165) is 41.7 Å². The molecule has 1 saturated heterocycles. The van der Waals surface area contributed by atoms with E-state index in [-0.39, 0.29) is 11.8 Å². The van der Waals surface area contributed by atoms with Crippen LogP contribution in [0.5, 0.6) is 0 Å². The highest BCUT2D eigenvalue weighted by Gasteiger charge is 2.21. The summed E-state index contributed by atoms with van der Waals surface area (Å²) in [6.45, 7) is 1.84. The molecule has 1 fully saturated rings. The predicted molar refractivity (Wildman–Crippen MR) is 93.3 cm³/mol. The minimum absolute atomic E-state index is 0.102. The Labute approximate surface area is 142 Å². The van der Waals surface area contributed by atoms with Crippen LogP contribution in [0.2, 0.25) is 0 Å². The van der Waals surface area contributed by atoms with Gasteiger partial charge in [0.25, 0.3) is 0 Å². The number of halogens is 1. The van der Waals surface area contributed by atoms with Gasteiger partial charge in [-0.1, -0.05) is 28.1 Å². The van der Waals surface area contributed by atoms with Crippen molar-refractivity contribution in [1.82, 2.24) is 10.3 Å². The van der Waals surface area contributed by atoms with Gasteiger partial charge in [-0.25, -0.2) is 4.98 Å². The number of nitrogens with one attached hydrogen (secondary N) is 2. The first-order valence-electron chi connectivity index (χ1n) is 7.41. The zero-order valence-corrected chi connectivity index (χ0v) is 14.5. The molecule has 0 aliphatic carbocycles. The molecule has 2 heterocycles. The number of hydrogen-bond acceptors (Lipinski definition) is 4. The number of aromatic nitrogens is 1. The molecule has 3 rings (SSSR count). The smallest absolute Gasteiger partial charge is 0.229 e. The fourth-order valence-corrected chi connectivity index (χ4v) is 3.88. The van der Waals surface area contributed by atoms with Crippen LogP contribution >= 0.6 is 27.3 Å². The maximum Gasteiger partial charge on any atom is 0.229 e. The van der Waals surface area contributed by atoms with Gasteiger partial charge in [0, 0.05) is 27.9 Å². The second-order valence-corrected chi connectivity index (χ2v) is 7.48. The third-order valence-corrected chi connectivity index (χ3v) is 5.17. The van der Waals surface area contributed by atoms with Crippen LogP contribution < -0.4 is 10.6 Å². The first-order chi connectivity index (χ1) is 10.7. The number of benzene rings is 1. The molecule has 1 aromatic heterocycles. The summed E-state index contributed by atoms with van der Waals surface area (Å²) in [5, 5.41) is 6.94. The quantitative estimate of drug-likeness (QED) is 0.855. The van der Waals surface area contributed by atoms with Gasteiger partial charge in [0.15, 0.2) is 5.13 Å². The number of anilines is 1. The molecule has 4 nitrogen and oxygen atoms in total. The Kier molecular flexibility index (Phi) is 5.23. The number of carbonyl (C=O) groups excluding carboxylic acids is 1. The van der Waals surface area contributed by atoms with Gasteiger partial charge in [-0.15, -0.1) is 11.3 Å². The van der Waals surface area contributed by atoms with Crippen LogP contribution in [0.4, 0.5) is 5.13 Å². The van der Waals surface area contributed by atoms with Crippen molar-refractivity contribution >= 4 is 38.3 Å². The largest absolute Gasteiger partial charge is 0.317 e. The molecule has 22 heavy (non-hydrogen) atoms. The monoisotopic (exact) mass is 379 g/mol. The number of nitrogens with zero attached hydrogens (tertiary/aromatic N) is 1. The molecule has 2 N–H and O–H groups in total. The fraction of sp³-hybridized carbons (Fsp3) is 0.375. The number of rotatable bonds is 4. The molecule has 1 amide bonds. The van der Waals surface area contributed by atoms with Crippen molar-refractivity contribution in [2.45, 2.75) is 19.3 Å². The molecule has 116 valence electrons. The van der Waals surface area contributed by atoms with Gasteiger partial charge in [-0.05, 0) is 43.6 Å². The third-order valence-electron chi connectivity index (χ3n) is 3.76. The van der Waals surface area contributed by atoms with E-state index >= 15 is 0 Å². The molecule has 0 saturated carbocycles. The molecular weight excluding hydrogens is 362 g/mol. The topological polar surface area (TPSA) is 54.0 Å². The summed E-state index contributed by atoms with van der Waals surface area (Å²) in [7, 11) is 0. The van der Waals surface area contributed by atoms with Crippen LogP contribution in [0.25, 0.3) is 0 Å². The minimum Gasteiger partial charge on any atom is -0.317 e. The molecule has 1 aliphatic heterocycles. The van der Waals surface area contributed by atoms with Crippen molar-refractivity contribution in [3.8, 4) is 0 Å². The summed E-state index contributed by atoms with van der Waals surface area (Å²) < 4.78 is 1.08. The van der Waals surface area contributed by atoms with Crippen molar-refractivity contribution in [2.24, 2.45) is 5.92 Å². The number of piperidine rings is 1. The fourth-order valence-electron chi connectivity index (χ4n) is 2.59. The van der Waals surface area contributed by atoms with Crippen molar-refractivity contribution in [1.29, 1.82) is 0 Å². The van der Waals surface area contributed by atoms with E-state index in [2.05, 4.69) is 43.7 Å². The summed E-state index contributed by atoms with van der Waals surface area (Å²) in [4.78, 5) is 17.7. The Bertz CT molecular complexity index is 652. The summed E-state index contributed by atoms with van der Waals surface area (Å²) in [6, 6.07) is 8.24. The predicted octanol–water partition coefficient (Wildman–Crippen LogP) is 3.43. The van der Waals surface area contributed by atoms with E-state index in [9.17, 15) is 4.79 Å². The van der Waals surface area contributed by atoms with Crippen LogP contribution in [0.15, 0.2) is 34.9 Å². The van der Waals surface area contributed by atoms with Gasteiger partial charge in [-0.3, -0.25) is 4.79 Å². The Balaban J connectivity index is 1.60. The number of amides is 1. The molecular formula is C16H18BrN3OS. The molecule has 0 radical (unpaired) electrons. The number of thiazole rings is 1. The molecule has 0 spiro atoms. The van der Waals surface area contributed by atoms with Crippen LogP contribution in [0.3, 0.4) is 0 Å². The van der Waals surface area contributed by atoms with Crippen molar-refractivity contribution in [3.05, 3.63) is 45.4 Å². The molecule has 1 aromatic carbocycles. The van der Waals surface area contributed by atoms with Gasteiger partial charge in [0.05, 0.1) is 0 Å². The lowest BCUT2D eigenvalue weighted by Gasteiger charge is -2.20. The van der Waals surface area contributed by atoms with E-state index in [1.807, 2.05) is 18.3 Å².